The van der Waals surface area contributed by atoms with E-state index < -0.39 is 0 Å². The van der Waals surface area contributed by atoms with Crippen molar-refractivity contribution in [3.63, 3.8) is 0 Å². The summed E-state index contributed by atoms with van der Waals surface area (Å²) >= 11 is 8.12. The van der Waals surface area contributed by atoms with Gasteiger partial charge in [0.1, 0.15) is 11.3 Å². The molecule has 1 aromatic carbocycles. The van der Waals surface area contributed by atoms with Gasteiger partial charge in [0.2, 0.25) is 0 Å². The lowest BCUT2D eigenvalue weighted by Crippen LogP contribution is -2.34. The van der Waals surface area contributed by atoms with E-state index in [0.717, 1.165) is 12.4 Å². The smallest absolute Gasteiger partial charge is 0.161 e. The minimum Gasteiger partial charge on any atom is -0.389 e. The molecule has 0 fully saturated rings. The van der Waals surface area contributed by atoms with E-state index in [1.807, 2.05) is 9.47 Å². The van der Waals surface area contributed by atoms with Crippen LogP contribution in [0, 0.1) is 5.82 Å². The lowest BCUT2D eigenvalue weighted by Gasteiger charge is -2.29. The van der Waals surface area contributed by atoms with Crippen molar-refractivity contribution in [3.8, 4) is 0 Å². The summed E-state index contributed by atoms with van der Waals surface area (Å²) in [5, 5.41) is 7.89. The molecule has 0 spiro atoms. The summed E-state index contributed by atoms with van der Waals surface area (Å²) in [5.74, 6) is 0.466. The predicted molar refractivity (Wildman–Crippen MR) is 81.1 cm³/mol. The third-order valence-corrected chi connectivity index (χ3v) is 4.30. The second kappa shape index (κ2) is 5.10. The van der Waals surface area contributed by atoms with Gasteiger partial charge >= 0.3 is 0 Å². The highest BCUT2D eigenvalue weighted by atomic mass is 79.9. The van der Waals surface area contributed by atoms with Gasteiger partial charge in [-0.2, -0.15) is 0 Å². The third kappa shape index (κ3) is 2.18. The Hall–Kier alpha value is -1.54. The van der Waals surface area contributed by atoms with E-state index in [0.29, 0.717) is 28.8 Å². The average Bonchev–Trinajstić information content (AvgIpc) is 2.88. The molecule has 2 heterocycles. The van der Waals surface area contributed by atoms with Gasteiger partial charge in [-0.25, -0.2) is 4.39 Å². The fourth-order valence-electron chi connectivity index (χ4n) is 2.25. The molecule has 1 aliphatic rings. The maximum absolute atomic E-state index is 14.5. The Kier molecular flexibility index (Phi) is 3.43. The number of hydrogen-bond acceptors (Lipinski definition) is 4. The molecule has 0 saturated heterocycles. The summed E-state index contributed by atoms with van der Waals surface area (Å²) in [7, 11) is 0. The lowest BCUT2D eigenvalue weighted by molar-refractivity contribution is 0.542. The third-order valence-electron chi connectivity index (χ3n) is 3.31. The van der Waals surface area contributed by atoms with Gasteiger partial charge in [0, 0.05) is 18.7 Å². The number of halogens is 2. The Labute approximate surface area is 128 Å². The van der Waals surface area contributed by atoms with Crippen LogP contribution < -0.4 is 10.6 Å². The molecule has 2 aromatic rings. The highest BCUT2D eigenvalue weighted by Gasteiger charge is 2.22. The molecule has 0 amide bonds. The molecule has 0 atom stereocenters. The molecule has 0 saturated carbocycles. The largest absolute Gasteiger partial charge is 0.389 e. The van der Waals surface area contributed by atoms with E-state index in [9.17, 15) is 4.39 Å². The minimum absolute atomic E-state index is 0.167. The van der Waals surface area contributed by atoms with Gasteiger partial charge in [-0.1, -0.05) is 12.2 Å². The summed E-state index contributed by atoms with van der Waals surface area (Å²) in [6.45, 7) is 1.95. The molecule has 5 nitrogen and oxygen atoms in total. The van der Waals surface area contributed by atoms with Crippen LogP contribution in [-0.4, -0.2) is 26.3 Å². The Morgan fingerprint density at radius 1 is 1.40 bits per heavy atom. The Morgan fingerprint density at radius 2 is 2.20 bits per heavy atom. The Bertz CT molecular complexity index is 686. The van der Waals surface area contributed by atoms with Crippen molar-refractivity contribution in [2.75, 3.05) is 11.4 Å². The zero-order chi connectivity index (χ0) is 14.3. The summed E-state index contributed by atoms with van der Waals surface area (Å²) in [5.41, 5.74) is 6.57. The molecule has 8 heteroatoms. The van der Waals surface area contributed by atoms with Crippen molar-refractivity contribution >= 4 is 38.8 Å². The molecule has 3 rings (SSSR count). The summed E-state index contributed by atoms with van der Waals surface area (Å²) in [4.78, 5) is 2.09. The van der Waals surface area contributed by atoms with Crippen LogP contribution in [-0.2, 0) is 13.1 Å². The number of fused-ring (bicyclic) bond motifs is 1. The van der Waals surface area contributed by atoms with Crippen LogP contribution in [0.3, 0.4) is 0 Å². The maximum Gasteiger partial charge on any atom is 0.161 e. The van der Waals surface area contributed by atoms with E-state index in [4.69, 9.17) is 18.0 Å². The van der Waals surface area contributed by atoms with Crippen LogP contribution in [0.25, 0.3) is 0 Å². The molecular weight excluding hydrogens is 345 g/mol. The molecule has 104 valence electrons. The van der Waals surface area contributed by atoms with E-state index in [1.165, 1.54) is 0 Å². The van der Waals surface area contributed by atoms with Crippen LogP contribution in [0.1, 0.15) is 11.4 Å². The number of rotatable bonds is 2. The van der Waals surface area contributed by atoms with Crippen molar-refractivity contribution in [1.29, 1.82) is 0 Å². The average molecular weight is 356 g/mol. The van der Waals surface area contributed by atoms with Crippen molar-refractivity contribution < 1.29 is 4.39 Å². The Morgan fingerprint density at radius 3 is 2.95 bits per heavy atom. The predicted octanol–water partition coefficient (Wildman–Crippen LogP) is 1.83. The highest BCUT2D eigenvalue weighted by Crippen LogP contribution is 2.31. The minimum atomic E-state index is -0.358. The van der Waals surface area contributed by atoms with Gasteiger partial charge in [-0.3, -0.25) is 0 Å². The van der Waals surface area contributed by atoms with Crippen molar-refractivity contribution in [2.24, 2.45) is 5.73 Å². The fourth-order valence-corrected chi connectivity index (χ4v) is 3.10. The molecule has 20 heavy (non-hydrogen) atoms. The quantitative estimate of drug-likeness (QED) is 0.832. The monoisotopic (exact) mass is 355 g/mol. The number of benzene rings is 1. The molecule has 0 unspecified atom stereocenters. The van der Waals surface area contributed by atoms with Crippen LogP contribution in [0.4, 0.5) is 10.1 Å². The van der Waals surface area contributed by atoms with Gasteiger partial charge in [-0.15, -0.1) is 10.2 Å². The zero-order valence-electron chi connectivity index (χ0n) is 10.4. The van der Waals surface area contributed by atoms with E-state index in [1.54, 1.807) is 18.5 Å². The van der Waals surface area contributed by atoms with Gasteiger partial charge in [0.15, 0.2) is 11.6 Å². The van der Waals surface area contributed by atoms with Crippen LogP contribution in [0.2, 0.25) is 0 Å². The van der Waals surface area contributed by atoms with Crippen LogP contribution in [0.5, 0.6) is 0 Å². The summed E-state index contributed by atoms with van der Waals surface area (Å²) < 4.78 is 16.7. The molecule has 2 N–H and O–H groups in total. The van der Waals surface area contributed by atoms with E-state index >= 15 is 0 Å². The van der Waals surface area contributed by atoms with Crippen molar-refractivity contribution in [1.82, 2.24) is 14.8 Å². The number of aromatic nitrogens is 3. The van der Waals surface area contributed by atoms with Crippen molar-refractivity contribution in [2.45, 2.75) is 13.1 Å². The number of hydrogen-bond donors (Lipinski definition) is 1. The first-order chi connectivity index (χ1) is 9.58. The standard InChI is InChI=1S/C12H11BrFN5S/c13-10-7(12(15)20)1-2-8(11(10)14)18-3-4-19-6-16-17-9(19)5-18/h1-2,6H,3-5H2,(H2,15,20). The SMILES string of the molecule is NC(=S)c1ccc(N2CCn3cnnc3C2)c(F)c1Br. The molecule has 0 aliphatic carbocycles. The second-order valence-electron chi connectivity index (χ2n) is 4.49. The molecule has 1 aromatic heterocycles. The van der Waals surface area contributed by atoms with E-state index in [2.05, 4.69) is 26.1 Å². The molecule has 0 bridgehead atoms. The molecule has 1 aliphatic heterocycles. The first kappa shape index (κ1) is 13.4. The normalized spacial score (nSPS) is 14.2. The highest BCUT2D eigenvalue weighted by molar-refractivity contribution is 9.10. The number of nitrogens with zero attached hydrogens (tertiary/aromatic N) is 4. The lowest BCUT2D eigenvalue weighted by atomic mass is 10.1. The number of thiocarbonyl (C=S) groups is 1. The first-order valence-electron chi connectivity index (χ1n) is 5.97. The summed E-state index contributed by atoms with van der Waals surface area (Å²) in [6.07, 6.45) is 1.69. The second-order valence-corrected chi connectivity index (χ2v) is 5.72. The first-order valence-corrected chi connectivity index (χ1v) is 7.17. The van der Waals surface area contributed by atoms with Gasteiger partial charge in [0.25, 0.3) is 0 Å². The number of anilines is 1. The topological polar surface area (TPSA) is 60.0 Å². The molecular formula is C12H11BrFN5S. The summed E-state index contributed by atoms with van der Waals surface area (Å²) in [6, 6.07) is 3.42. The fraction of sp³-hybridized carbons (Fsp3) is 0.250. The Balaban J connectivity index is 1.96. The van der Waals surface area contributed by atoms with Crippen LogP contribution >= 0.6 is 28.1 Å². The van der Waals surface area contributed by atoms with Gasteiger partial charge in [0.05, 0.1) is 16.7 Å². The van der Waals surface area contributed by atoms with Crippen molar-refractivity contribution in [3.05, 3.63) is 40.1 Å². The van der Waals surface area contributed by atoms with Gasteiger partial charge < -0.3 is 15.2 Å². The number of nitrogens with two attached hydrogens (primary N) is 1. The van der Waals surface area contributed by atoms with Crippen LogP contribution in [0.15, 0.2) is 22.9 Å². The maximum atomic E-state index is 14.5. The molecule has 0 radical (unpaired) electrons. The zero-order valence-corrected chi connectivity index (χ0v) is 12.8. The van der Waals surface area contributed by atoms with E-state index in [-0.39, 0.29) is 10.8 Å². The van der Waals surface area contributed by atoms with Gasteiger partial charge in [-0.05, 0) is 28.1 Å².